The number of hydrogen-bond donors (Lipinski definition) is 2. The molecule has 0 amide bonds. The van der Waals surface area contributed by atoms with Crippen molar-refractivity contribution >= 4 is 34.7 Å². The zero-order chi connectivity index (χ0) is 21.3. The minimum Gasteiger partial charge on any atom is -0.396 e. The first kappa shape index (κ1) is 21.5. The smallest absolute Gasteiger partial charge is 0.329 e. The number of halogens is 1. The molecule has 0 aliphatic rings. The third kappa shape index (κ3) is 5.88. The Morgan fingerprint density at radius 1 is 1.10 bits per heavy atom. The largest absolute Gasteiger partial charge is 0.396 e. The average molecular weight is 428 g/mol. The molecule has 0 fully saturated rings. The lowest BCUT2D eigenvalue weighted by Crippen LogP contribution is -2.26. The van der Waals surface area contributed by atoms with Crippen LogP contribution in [0.4, 0.5) is 23.1 Å². The van der Waals surface area contributed by atoms with E-state index in [9.17, 15) is 10.1 Å². The van der Waals surface area contributed by atoms with Gasteiger partial charge in [-0.25, -0.2) is 4.98 Å². The third-order valence-electron chi connectivity index (χ3n) is 4.40. The van der Waals surface area contributed by atoms with Crippen LogP contribution in [0.1, 0.15) is 18.4 Å². The lowest BCUT2D eigenvalue weighted by molar-refractivity contribution is -0.384. The minimum absolute atomic E-state index is 0.0639. The minimum atomic E-state index is -0.481. The molecule has 0 unspecified atom stereocenters. The number of aromatic nitrogens is 2. The number of nitrogens with one attached hydrogen (secondary N) is 1. The maximum absolute atomic E-state index is 11.6. The zero-order valence-electron chi connectivity index (χ0n) is 16.2. The molecule has 156 valence electrons. The van der Waals surface area contributed by atoms with Crippen molar-refractivity contribution in [2.24, 2.45) is 0 Å². The SMILES string of the molecule is O=[N+]([O-])c1cnc(Nc2ccc(Cl)cc2)nc1N(CCCCO)Cc1ccccc1. The molecule has 3 rings (SSSR count). The molecule has 0 atom stereocenters. The molecule has 0 saturated carbocycles. The number of aliphatic hydroxyl groups is 1. The van der Waals surface area contributed by atoms with Crippen LogP contribution in [0, 0.1) is 10.1 Å². The summed E-state index contributed by atoms with van der Waals surface area (Å²) >= 11 is 5.92. The van der Waals surface area contributed by atoms with Crippen LogP contribution in [0.5, 0.6) is 0 Å². The van der Waals surface area contributed by atoms with Gasteiger partial charge in [-0.15, -0.1) is 0 Å². The van der Waals surface area contributed by atoms with Crippen molar-refractivity contribution in [2.45, 2.75) is 19.4 Å². The van der Waals surface area contributed by atoms with Gasteiger partial charge in [0.05, 0.1) is 4.92 Å². The maximum atomic E-state index is 11.6. The first-order valence-corrected chi connectivity index (χ1v) is 9.88. The number of rotatable bonds is 10. The molecule has 2 N–H and O–H groups in total. The van der Waals surface area contributed by atoms with Gasteiger partial charge >= 0.3 is 5.69 Å². The van der Waals surface area contributed by atoms with E-state index in [2.05, 4.69) is 15.3 Å². The van der Waals surface area contributed by atoms with Crippen LogP contribution >= 0.6 is 11.6 Å². The van der Waals surface area contributed by atoms with Gasteiger partial charge in [0.25, 0.3) is 0 Å². The lowest BCUT2D eigenvalue weighted by atomic mass is 10.2. The highest BCUT2D eigenvalue weighted by molar-refractivity contribution is 6.30. The zero-order valence-corrected chi connectivity index (χ0v) is 17.0. The van der Waals surface area contributed by atoms with Gasteiger partial charge in [0.1, 0.15) is 6.20 Å². The molecule has 0 aliphatic heterocycles. The van der Waals surface area contributed by atoms with Crippen molar-refractivity contribution in [3.63, 3.8) is 0 Å². The number of unbranched alkanes of at least 4 members (excludes halogenated alkanes) is 1. The van der Waals surface area contributed by atoms with Gasteiger partial charge in [0.2, 0.25) is 11.8 Å². The first-order chi connectivity index (χ1) is 14.6. The van der Waals surface area contributed by atoms with Crippen LogP contribution < -0.4 is 10.2 Å². The molecule has 0 spiro atoms. The Bertz CT molecular complexity index is 970. The van der Waals surface area contributed by atoms with Crippen LogP contribution in [-0.4, -0.2) is 33.1 Å². The quantitative estimate of drug-likeness (QED) is 0.277. The van der Waals surface area contributed by atoms with E-state index in [4.69, 9.17) is 16.7 Å². The summed E-state index contributed by atoms with van der Waals surface area (Å²) in [6.45, 7) is 1.02. The topological polar surface area (TPSA) is 104 Å². The van der Waals surface area contributed by atoms with Crippen molar-refractivity contribution in [2.75, 3.05) is 23.4 Å². The van der Waals surface area contributed by atoms with Gasteiger partial charge < -0.3 is 15.3 Å². The molecule has 0 saturated heterocycles. The summed E-state index contributed by atoms with van der Waals surface area (Å²) in [6.07, 6.45) is 2.48. The Kier molecular flexibility index (Phi) is 7.53. The molecule has 0 bridgehead atoms. The molecule has 9 heteroatoms. The summed E-state index contributed by atoms with van der Waals surface area (Å²) in [7, 11) is 0. The fourth-order valence-corrected chi connectivity index (χ4v) is 3.05. The van der Waals surface area contributed by atoms with Crippen molar-refractivity contribution in [3.05, 3.63) is 81.5 Å². The number of nitro groups is 1. The van der Waals surface area contributed by atoms with Crippen molar-refractivity contribution in [1.29, 1.82) is 0 Å². The third-order valence-corrected chi connectivity index (χ3v) is 4.65. The highest BCUT2D eigenvalue weighted by Crippen LogP contribution is 2.29. The molecule has 2 aromatic carbocycles. The highest BCUT2D eigenvalue weighted by Gasteiger charge is 2.23. The van der Waals surface area contributed by atoms with E-state index >= 15 is 0 Å². The second kappa shape index (κ2) is 10.5. The first-order valence-electron chi connectivity index (χ1n) is 9.50. The molecule has 30 heavy (non-hydrogen) atoms. The van der Waals surface area contributed by atoms with E-state index in [1.807, 2.05) is 35.2 Å². The second-order valence-corrected chi connectivity index (χ2v) is 7.07. The fraction of sp³-hybridized carbons (Fsp3) is 0.238. The van der Waals surface area contributed by atoms with Crippen LogP contribution in [0.15, 0.2) is 60.8 Å². The molecular weight excluding hydrogens is 406 g/mol. The second-order valence-electron chi connectivity index (χ2n) is 6.63. The van der Waals surface area contributed by atoms with Gasteiger partial charge in [-0.1, -0.05) is 41.9 Å². The molecule has 0 aliphatic carbocycles. The Morgan fingerprint density at radius 2 is 1.83 bits per heavy atom. The number of aliphatic hydroxyl groups excluding tert-OH is 1. The summed E-state index contributed by atoms with van der Waals surface area (Å²) in [5.41, 5.74) is 1.55. The van der Waals surface area contributed by atoms with Gasteiger partial charge in [-0.2, -0.15) is 4.98 Å². The molecule has 1 aromatic heterocycles. The molecule has 8 nitrogen and oxygen atoms in total. The predicted octanol–water partition coefficient (Wildman–Crippen LogP) is 4.56. The number of benzene rings is 2. The van der Waals surface area contributed by atoms with Crippen molar-refractivity contribution in [3.8, 4) is 0 Å². The van der Waals surface area contributed by atoms with Gasteiger partial charge in [0, 0.05) is 30.4 Å². The van der Waals surface area contributed by atoms with E-state index in [1.54, 1.807) is 24.3 Å². The Labute approximate surface area is 179 Å². The number of hydrogen-bond acceptors (Lipinski definition) is 7. The highest BCUT2D eigenvalue weighted by atomic mass is 35.5. The Morgan fingerprint density at radius 3 is 2.50 bits per heavy atom. The van der Waals surface area contributed by atoms with Crippen LogP contribution in [0.2, 0.25) is 5.02 Å². The van der Waals surface area contributed by atoms with E-state index in [0.717, 1.165) is 5.56 Å². The standard InChI is InChI=1S/C21H22ClN5O3/c22-17-8-10-18(11-9-17)24-21-23-14-19(27(29)30)20(25-21)26(12-4-5-13-28)15-16-6-2-1-3-7-16/h1-3,6-11,14,28H,4-5,12-13,15H2,(H,23,24,25). The Balaban J connectivity index is 1.93. The molecule has 1 heterocycles. The molecule has 0 radical (unpaired) electrons. The van der Waals surface area contributed by atoms with Crippen LogP contribution in [-0.2, 0) is 6.54 Å². The molecular formula is C21H22ClN5O3. The van der Waals surface area contributed by atoms with Gasteiger partial charge in [-0.3, -0.25) is 10.1 Å². The summed E-state index contributed by atoms with van der Waals surface area (Å²) in [6, 6.07) is 16.7. The molecule has 3 aromatic rings. The summed E-state index contributed by atoms with van der Waals surface area (Å²) in [4.78, 5) is 21.6. The fourth-order valence-electron chi connectivity index (χ4n) is 2.93. The van der Waals surface area contributed by atoms with E-state index in [1.165, 1.54) is 6.20 Å². The predicted molar refractivity (Wildman–Crippen MR) is 117 cm³/mol. The summed E-state index contributed by atoms with van der Waals surface area (Å²) < 4.78 is 0. The number of nitrogens with zero attached hydrogens (tertiary/aromatic N) is 4. The monoisotopic (exact) mass is 427 g/mol. The van der Waals surface area contributed by atoms with Crippen LogP contribution in [0.3, 0.4) is 0 Å². The van der Waals surface area contributed by atoms with E-state index in [0.29, 0.717) is 36.6 Å². The van der Waals surface area contributed by atoms with E-state index in [-0.39, 0.29) is 24.1 Å². The lowest BCUT2D eigenvalue weighted by Gasteiger charge is -2.24. The maximum Gasteiger partial charge on any atom is 0.329 e. The van der Waals surface area contributed by atoms with E-state index < -0.39 is 4.92 Å². The van der Waals surface area contributed by atoms with Gasteiger partial charge in [0.15, 0.2) is 0 Å². The van der Waals surface area contributed by atoms with Crippen molar-refractivity contribution < 1.29 is 10.0 Å². The normalized spacial score (nSPS) is 10.6. The summed E-state index contributed by atoms with van der Waals surface area (Å²) in [5.74, 6) is 0.478. The van der Waals surface area contributed by atoms with Crippen molar-refractivity contribution in [1.82, 2.24) is 9.97 Å². The van der Waals surface area contributed by atoms with Crippen LogP contribution in [0.25, 0.3) is 0 Å². The summed E-state index contributed by atoms with van der Waals surface area (Å²) in [5, 5.41) is 24.4. The van der Waals surface area contributed by atoms with Gasteiger partial charge in [-0.05, 0) is 42.7 Å². The Hall–Kier alpha value is -3.23. The number of anilines is 3. The average Bonchev–Trinajstić information content (AvgIpc) is 2.75.